The molecule has 1 fully saturated rings. The highest BCUT2D eigenvalue weighted by Crippen LogP contribution is 2.11. The van der Waals surface area contributed by atoms with Gasteiger partial charge in [0, 0.05) is 18.2 Å². The molecular formula is C14H19FN2O. The van der Waals surface area contributed by atoms with E-state index in [1.54, 1.807) is 6.92 Å². The zero-order valence-electron chi connectivity index (χ0n) is 10.6. The van der Waals surface area contributed by atoms with E-state index >= 15 is 0 Å². The van der Waals surface area contributed by atoms with E-state index in [1.165, 1.54) is 31.0 Å². The maximum atomic E-state index is 12.9. The molecule has 0 aliphatic carbocycles. The first-order valence-corrected chi connectivity index (χ1v) is 6.44. The maximum absolute atomic E-state index is 12.9. The van der Waals surface area contributed by atoms with Gasteiger partial charge in [-0.3, -0.25) is 4.79 Å². The number of carbonyl (C=O) groups is 1. The van der Waals surface area contributed by atoms with Gasteiger partial charge >= 0.3 is 0 Å². The van der Waals surface area contributed by atoms with Crippen molar-refractivity contribution >= 4 is 5.91 Å². The molecule has 0 saturated carbocycles. The fraction of sp³-hybridized carbons (Fsp3) is 0.500. The molecule has 0 radical (unpaired) electrons. The van der Waals surface area contributed by atoms with Crippen LogP contribution >= 0.6 is 0 Å². The van der Waals surface area contributed by atoms with E-state index < -0.39 is 0 Å². The molecule has 18 heavy (non-hydrogen) atoms. The first-order valence-electron chi connectivity index (χ1n) is 6.44. The van der Waals surface area contributed by atoms with Crippen molar-refractivity contribution in [2.75, 3.05) is 13.1 Å². The Bertz CT molecular complexity index is 428. The van der Waals surface area contributed by atoms with Crippen LogP contribution in [0.1, 0.15) is 35.2 Å². The molecule has 4 heteroatoms. The summed E-state index contributed by atoms with van der Waals surface area (Å²) < 4.78 is 12.9. The third-order valence-electron chi connectivity index (χ3n) is 3.37. The molecule has 1 aromatic rings. The van der Waals surface area contributed by atoms with Gasteiger partial charge in [0.2, 0.25) is 0 Å². The minimum Gasteiger partial charge on any atom is -0.352 e. The highest BCUT2D eigenvalue weighted by atomic mass is 19.1. The summed E-state index contributed by atoms with van der Waals surface area (Å²) in [5.74, 6) is -0.426. The fourth-order valence-electron chi connectivity index (χ4n) is 2.34. The molecule has 1 aliphatic rings. The first-order chi connectivity index (χ1) is 8.66. The number of hydrogen-bond acceptors (Lipinski definition) is 2. The van der Waals surface area contributed by atoms with Gasteiger partial charge in [-0.15, -0.1) is 0 Å². The Kier molecular flexibility index (Phi) is 4.31. The molecule has 3 nitrogen and oxygen atoms in total. The lowest BCUT2D eigenvalue weighted by atomic mass is 10.1. The lowest BCUT2D eigenvalue weighted by Gasteiger charge is -2.11. The average Bonchev–Trinajstić information content (AvgIpc) is 2.81. The number of rotatable bonds is 4. The van der Waals surface area contributed by atoms with Crippen molar-refractivity contribution in [3.63, 3.8) is 0 Å². The smallest absolute Gasteiger partial charge is 0.251 e. The van der Waals surface area contributed by atoms with Crippen LogP contribution in [0, 0.1) is 12.7 Å². The minimum absolute atomic E-state index is 0.120. The van der Waals surface area contributed by atoms with E-state index in [2.05, 4.69) is 10.6 Å². The molecule has 98 valence electrons. The second-order valence-electron chi connectivity index (χ2n) is 4.80. The molecule has 2 rings (SSSR count). The Morgan fingerprint density at radius 2 is 2.39 bits per heavy atom. The standard InChI is InChI=1S/C14H19FN2O/c1-10-9-11(15)4-5-13(10)14(18)17-8-6-12-3-2-7-16-12/h4-5,9,12,16H,2-3,6-8H2,1H3,(H,17,18). The number of amides is 1. The molecule has 0 aromatic heterocycles. The summed E-state index contributed by atoms with van der Waals surface area (Å²) in [4.78, 5) is 11.9. The van der Waals surface area contributed by atoms with Crippen LogP contribution in [0.25, 0.3) is 0 Å². The topological polar surface area (TPSA) is 41.1 Å². The fourth-order valence-corrected chi connectivity index (χ4v) is 2.34. The van der Waals surface area contributed by atoms with E-state index in [0.717, 1.165) is 13.0 Å². The molecule has 1 saturated heterocycles. The van der Waals surface area contributed by atoms with Crippen molar-refractivity contribution in [1.29, 1.82) is 0 Å². The number of aryl methyl sites for hydroxylation is 1. The van der Waals surface area contributed by atoms with Gasteiger partial charge in [0.15, 0.2) is 0 Å². The molecule has 0 bridgehead atoms. The van der Waals surface area contributed by atoms with Gasteiger partial charge in [0.25, 0.3) is 5.91 Å². The Morgan fingerprint density at radius 1 is 1.56 bits per heavy atom. The van der Waals surface area contributed by atoms with Crippen LogP contribution in [0.4, 0.5) is 4.39 Å². The van der Waals surface area contributed by atoms with Gasteiger partial charge in [0.1, 0.15) is 5.82 Å². The summed E-state index contributed by atoms with van der Waals surface area (Å²) in [6.45, 7) is 3.49. The predicted octanol–water partition coefficient (Wildman–Crippen LogP) is 2.01. The van der Waals surface area contributed by atoms with Gasteiger partial charge in [0.05, 0.1) is 0 Å². The number of halogens is 1. The van der Waals surface area contributed by atoms with E-state index in [9.17, 15) is 9.18 Å². The van der Waals surface area contributed by atoms with Crippen LogP contribution in [0.15, 0.2) is 18.2 Å². The Hall–Kier alpha value is -1.42. The molecule has 1 unspecified atom stereocenters. The largest absolute Gasteiger partial charge is 0.352 e. The lowest BCUT2D eigenvalue weighted by molar-refractivity contribution is 0.0951. The first kappa shape index (κ1) is 13.0. The highest BCUT2D eigenvalue weighted by molar-refractivity contribution is 5.95. The highest BCUT2D eigenvalue weighted by Gasteiger charge is 2.14. The summed E-state index contributed by atoms with van der Waals surface area (Å²) in [5, 5.41) is 6.27. The molecule has 1 atom stereocenters. The van der Waals surface area contributed by atoms with E-state index in [4.69, 9.17) is 0 Å². The number of carbonyl (C=O) groups excluding carboxylic acids is 1. The third-order valence-corrected chi connectivity index (χ3v) is 3.37. The van der Waals surface area contributed by atoms with Crippen LogP contribution in [-0.4, -0.2) is 25.0 Å². The zero-order valence-corrected chi connectivity index (χ0v) is 10.6. The second kappa shape index (κ2) is 5.96. The van der Waals surface area contributed by atoms with Crippen LogP contribution < -0.4 is 10.6 Å². The number of benzene rings is 1. The summed E-state index contributed by atoms with van der Waals surface area (Å²) in [7, 11) is 0. The van der Waals surface area contributed by atoms with Crippen LogP contribution in [0.2, 0.25) is 0 Å². The quantitative estimate of drug-likeness (QED) is 0.858. The molecule has 1 aliphatic heterocycles. The van der Waals surface area contributed by atoms with E-state index in [-0.39, 0.29) is 11.7 Å². The molecular weight excluding hydrogens is 231 g/mol. The maximum Gasteiger partial charge on any atom is 0.251 e. The average molecular weight is 250 g/mol. The number of hydrogen-bond donors (Lipinski definition) is 2. The van der Waals surface area contributed by atoms with Crippen molar-refractivity contribution in [3.05, 3.63) is 35.1 Å². The zero-order chi connectivity index (χ0) is 13.0. The normalized spacial score (nSPS) is 18.9. The Labute approximate surface area is 107 Å². The summed E-state index contributed by atoms with van der Waals surface area (Å²) in [6.07, 6.45) is 3.35. The predicted molar refractivity (Wildman–Crippen MR) is 69.1 cm³/mol. The number of nitrogens with one attached hydrogen (secondary N) is 2. The molecule has 1 aromatic carbocycles. The summed E-state index contributed by atoms with van der Waals surface area (Å²) >= 11 is 0. The van der Waals surface area contributed by atoms with Crippen molar-refractivity contribution in [1.82, 2.24) is 10.6 Å². The van der Waals surface area contributed by atoms with Crippen molar-refractivity contribution in [2.45, 2.75) is 32.2 Å². The van der Waals surface area contributed by atoms with Gasteiger partial charge in [-0.05, 0) is 56.5 Å². The van der Waals surface area contributed by atoms with Gasteiger partial charge in [-0.25, -0.2) is 4.39 Å². The van der Waals surface area contributed by atoms with E-state index in [1.807, 2.05) is 0 Å². The van der Waals surface area contributed by atoms with E-state index in [0.29, 0.717) is 23.7 Å². The van der Waals surface area contributed by atoms with Gasteiger partial charge in [-0.1, -0.05) is 0 Å². The monoisotopic (exact) mass is 250 g/mol. The van der Waals surface area contributed by atoms with Gasteiger partial charge in [-0.2, -0.15) is 0 Å². The van der Waals surface area contributed by atoms with Crippen molar-refractivity contribution < 1.29 is 9.18 Å². The van der Waals surface area contributed by atoms with Gasteiger partial charge < -0.3 is 10.6 Å². The lowest BCUT2D eigenvalue weighted by Crippen LogP contribution is -2.30. The van der Waals surface area contributed by atoms with Crippen molar-refractivity contribution in [2.24, 2.45) is 0 Å². The molecule has 2 N–H and O–H groups in total. The van der Waals surface area contributed by atoms with Crippen LogP contribution in [0.5, 0.6) is 0 Å². The van der Waals surface area contributed by atoms with Crippen LogP contribution in [0.3, 0.4) is 0 Å². The minimum atomic E-state index is -0.306. The third kappa shape index (κ3) is 3.29. The molecule has 0 spiro atoms. The SMILES string of the molecule is Cc1cc(F)ccc1C(=O)NCCC1CCCN1. The molecule has 1 heterocycles. The second-order valence-corrected chi connectivity index (χ2v) is 4.80. The Morgan fingerprint density at radius 3 is 3.06 bits per heavy atom. The summed E-state index contributed by atoms with van der Waals surface area (Å²) in [5.41, 5.74) is 1.22. The Balaban J connectivity index is 1.83. The van der Waals surface area contributed by atoms with Crippen LogP contribution in [-0.2, 0) is 0 Å². The van der Waals surface area contributed by atoms with Crippen molar-refractivity contribution in [3.8, 4) is 0 Å². The molecule has 1 amide bonds. The summed E-state index contributed by atoms with van der Waals surface area (Å²) in [6, 6.07) is 4.77.